The van der Waals surface area contributed by atoms with E-state index in [1.54, 1.807) is 14.0 Å². The average Bonchev–Trinajstić information content (AvgIpc) is 2.96. The summed E-state index contributed by atoms with van der Waals surface area (Å²) in [4.78, 5) is 8.30. The van der Waals surface area contributed by atoms with Crippen LogP contribution in [-0.2, 0) is 11.3 Å². The summed E-state index contributed by atoms with van der Waals surface area (Å²) in [6, 6.07) is 0. The molecule has 7 nitrogen and oxygen atoms in total. The van der Waals surface area contributed by atoms with Gasteiger partial charge in [-0.1, -0.05) is 24.4 Å². The van der Waals surface area contributed by atoms with Crippen LogP contribution in [0.3, 0.4) is 0 Å². The lowest BCUT2D eigenvalue weighted by molar-refractivity contribution is 0.0277. The summed E-state index contributed by atoms with van der Waals surface area (Å²) in [5.41, 5.74) is 0. The highest BCUT2D eigenvalue weighted by atomic mass is 127. The first-order valence-corrected chi connectivity index (χ1v) is 8.13. The van der Waals surface area contributed by atoms with Crippen molar-refractivity contribution >= 4 is 29.9 Å². The molecular formula is C15H28IN5O2. The van der Waals surface area contributed by atoms with Gasteiger partial charge in [-0.3, -0.25) is 4.99 Å². The predicted molar refractivity (Wildman–Crippen MR) is 100 cm³/mol. The van der Waals surface area contributed by atoms with Crippen LogP contribution >= 0.6 is 24.0 Å². The van der Waals surface area contributed by atoms with Crippen LogP contribution in [-0.4, -0.2) is 42.4 Å². The number of aromatic nitrogens is 2. The van der Waals surface area contributed by atoms with Crippen LogP contribution in [0, 0.1) is 6.92 Å². The van der Waals surface area contributed by atoms with Crippen LogP contribution in [0.1, 0.15) is 50.2 Å². The zero-order chi connectivity index (χ0) is 15.6. The lowest BCUT2D eigenvalue weighted by atomic mass is 9.98. The second-order valence-corrected chi connectivity index (χ2v) is 5.57. The van der Waals surface area contributed by atoms with Crippen molar-refractivity contribution in [1.29, 1.82) is 0 Å². The maximum absolute atomic E-state index is 5.90. The molecule has 1 heterocycles. The van der Waals surface area contributed by atoms with E-state index >= 15 is 0 Å². The molecule has 0 spiro atoms. The molecule has 2 N–H and O–H groups in total. The van der Waals surface area contributed by atoms with E-state index in [0.29, 0.717) is 24.4 Å². The molecule has 0 aliphatic heterocycles. The number of guanidine groups is 1. The first kappa shape index (κ1) is 20.1. The Labute approximate surface area is 155 Å². The minimum atomic E-state index is 0. The van der Waals surface area contributed by atoms with Gasteiger partial charge in [-0.05, 0) is 26.2 Å². The van der Waals surface area contributed by atoms with Crippen molar-refractivity contribution in [1.82, 2.24) is 20.8 Å². The topological polar surface area (TPSA) is 84.6 Å². The Hall–Kier alpha value is -0.900. The quantitative estimate of drug-likeness (QED) is 0.295. The van der Waals surface area contributed by atoms with Gasteiger partial charge in [0.2, 0.25) is 5.89 Å². The van der Waals surface area contributed by atoms with E-state index in [-0.39, 0.29) is 24.0 Å². The number of ether oxygens (including phenoxy) is 1. The minimum Gasteiger partial charge on any atom is -0.378 e. The molecule has 1 aromatic rings. The summed E-state index contributed by atoms with van der Waals surface area (Å²) >= 11 is 0. The molecule has 1 saturated carbocycles. The first-order chi connectivity index (χ1) is 10.8. The second-order valence-electron chi connectivity index (χ2n) is 5.57. The Bertz CT molecular complexity index is 460. The molecule has 1 aliphatic rings. The molecule has 0 saturated heterocycles. The summed E-state index contributed by atoms with van der Waals surface area (Å²) < 4.78 is 10.9. The smallest absolute Gasteiger partial charge is 0.246 e. The van der Waals surface area contributed by atoms with Gasteiger partial charge in [0.15, 0.2) is 11.8 Å². The van der Waals surface area contributed by atoms with E-state index in [2.05, 4.69) is 25.8 Å². The number of hydrogen-bond acceptors (Lipinski definition) is 5. The SMILES string of the molecule is CN=C(NCCCOC1CCCCC1)NCc1nc(C)no1.I. The fourth-order valence-corrected chi connectivity index (χ4v) is 2.55. The van der Waals surface area contributed by atoms with Crippen molar-refractivity contribution in [3.05, 3.63) is 11.7 Å². The molecule has 0 amide bonds. The van der Waals surface area contributed by atoms with Crippen molar-refractivity contribution < 1.29 is 9.26 Å². The molecule has 132 valence electrons. The van der Waals surface area contributed by atoms with E-state index in [1.807, 2.05) is 0 Å². The zero-order valence-electron chi connectivity index (χ0n) is 14.0. The van der Waals surface area contributed by atoms with Crippen LogP contribution < -0.4 is 10.6 Å². The fraction of sp³-hybridized carbons (Fsp3) is 0.800. The minimum absolute atomic E-state index is 0. The summed E-state index contributed by atoms with van der Waals surface area (Å²) in [7, 11) is 1.74. The Balaban J connectivity index is 0.00000264. The van der Waals surface area contributed by atoms with Gasteiger partial charge in [0.25, 0.3) is 0 Å². The molecule has 1 aliphatic carbocycles. The lowest BCUT2D eigenvalue weighted by Crippen LogP contribution is -2.37. The highest BCUT2D eigenvalue weighted by Gasteiger charge is 2.13. The van der Waals surface area contributed by atoms with E-state index in [9.17, 15) is 0 Å². The zero-order valence-corrected chi connectivity index (χ0v) is 16.3. The van der Waals surface area contributed by atoms with Crippen molar-refractivity contribution in [3.8, 4) is 0 Å². The Morgan fingerprint density at radius 3 is 2.74 bits per heavy atom. The summed E-state index contributed by atoms with van der Waals surface area (Å²) in [5, 5.41) is 10.1. The van der Waals surface area contributed by atoms with Crippen molar-refractivity contribution in [2.24, 2.45) is 4.99 Å². The monoisotopic (exact) mass is 437 g/mol. The highest BCUT2D eigenvalue weighted by molar-refractivity contribution is 14.0. The molecule has 1 aromatic heterocycles. The third kappa shape index (κ3) is 7.96. The molecule has 0 unspecified atom stereocenters. The van der Waals surface area contributed by atoms with Gasteiger partial charge in [-0.2, -0.15) is 4.98 Å². The van der Waals surface area contributed by atoms with Crippen LogP contribution in [0.4, 0.5) is 0 Å². The van der Waals surface area contributed by atoms with Crippen LogP contribution in [0.25, 0.3) is 0 Å². The number of aliphatic imine (C=N–C) groups is 1. The molecule has 0 radical (unpaired) electrons. The fourth-order valence-electron chi connectivity index (χ4n) is 2.55. The standard InChI is InChI=1S/C15H27N5O2.HI/c1-12-19-14(22-20-12)11-18-15(16-2)17-9-6-10-21-13-7-4-3-5-8-13;/h13H,3-11H2,1-2H3,(H2,16,17,18);1H. The molecule has 0 atom stereocenters. The van der Waals surface area contributed by atoms with E-state index in [0.717, 1.165) is 25.5 Å². The Morgan fingerprint density at radius 1 is 1.30 bits per heavy atom. The largest absolute Gasteiger partial charge is 0.378 e. The Morgan fingerprint density at radius 2 is 2.09 bits per heavy atom. The lowest BCUT2D eigenvalue weighted by Gasteiger charge is -2.22. The van der Waals surface area contributed by atoms with Crippen LogP contribution in [0.2, 0.25) is 0 Å². The maximum atomic E-state index is 5.90. The highest BCUT2D eigenvalue weighted by Crippen LogP contribution is 2.20. The van der Waals surface area contributed by atoms with Crippen LogP contribution in [0.5, 0.6) is 0 Å². The van der Waals surface area contributed by atoms with Crippen molar-refractivity contribution in [2.75, 3.05) is 20.2 Å². The number of hydrogen-bond donors (Lipinski definition) is 2. The number of nitrogens with one attached hydrogen (secondary N) is 2. The predicted octanol–water partition coefficient (Wildman–Crippen LogP) is 2.40. The normalized spacial score (nSPS) is 16.0. The molecule has 0 bridgehead atoms. The number of halogens is 1. The van der Waals surface area contributed by atoms with Gasteiger partial charge in [-0.25, -0.2) is 0 Å². The van der Waals surface area contributed by atoms with Crippen molar-refractivity contribution in [2.45, 2.75) is 58.1 Å². The number of rotatable bonds is 7. The van der Waals surface area contributed by atoms with Gasteiger partial charge in [0, 0.05) is 20.2 Å². The first-order valence-electron chi connectivity index (χ1n) is 8.13. The average molecular weight is 437 g/mol. The Kier molecular flexibility index (Phi) is 10.2. The molecule has 8 heteroatoms. The third-order valence-electron chi connectivity index (χ3n) is 3.72. The summed E-state index contributed by atoms with van der Waals surface area (Å²) in [6.07, 6.45) is 7.89. The maximum Gasteiger partial charge on any atom is 0.246 e. The number of nitrogens with zero attached hydrogens (tertiary/aromatic N) is 3. The molecule has 23 heavy (non-hydrogen) atoms. The second kappa shape index (κ2) is 11.6. The van der Waals surface area contributed by atoms with E-state index in [4.69, 9.17) is 9.26 Å². The number of aryl methyl sites for hydroxylation is 1. The summed E-state index contributed by atoms with van der Waals surface area (Å²) in [5.74, 6) is 1.93. The summed E-state index contributed by atoms with van der Waals surface area (Å²) in [6.45, 7) is 3.90. The van der Waals surface area contributed by atoms with Gasteiger partial charge in [0.05, 0.1) is 12.6 Å². The molecule has 1 fully saturated rings. The van der Waals surface area contributed by atoms with Gasteiger partial charge in [-0.15, -0.1) is 24.0 Å². The van der Waals surface area contributed by atoms with E-state index in [1.165, 1.54) is 32.1 Å². The molecular weight excluding hydrogens is 409 g/mol. The van der Waals surface area contributed by atoms with E-state index < -0.39 is 0 Å². The van der Waals surface area contributed by atoms with Gasteiger partial charge in [0.1, 0.15) is 0 Å². The molecule has 0 aromatic carbocycles. The van der Waals surface area contributed by atoms with Crippen molar-refractivity contribution in [3.63, 3.8) is 0 Å². The van der Waals surface area contributed by atoms with Gasteiger partial charge >= 0.3 is 0 Å². The third-order valence-corrected chi connectivity index (χ3v) is 3.72. The van der Waals surface area contributed by atoms with Crippen LogP contribution in [0.15, 0.2) is 9.52 Å². The molecule has 2 rings (SSSR count). The van der Waals surface area contributed by atoms with Gasteiger partial charge < -0.3 is 19.9 Å².